The third-order valence-corrected chi connectivity index (χ3v) is 6.20. The number of nitrogens with zero attached hydrogens (tertiary/aromatic N) is 2. The minimum atomic E-state index is -0.979. The van der Waals surface area contributed by atoms with Crippen LogP contribution in [0.3, 0.4) is 0 Å². The Morgan fingerprint density at radius 3 is 2.60 bits per heavy atom. The summed E-state index contributed by atoms with van der Waals surface area (Å²) in [6, 6.07) is 10.8. The highest BCUT2D eigenvalue weighted by Gasteiger charge is 2.23. The number of thiazole rings is 1. The van der Waals surface area contributed by atoms with Gasteiger partial charge in [0.25, 0.3) is 0 Å². The lowest BCUT2D eigenvalue weighted by Crippen LogP contribution is -2.41. The topological polar surface area (TPSA) is 74.3 Å². The van der Waals surface area contributed by atoms with Crippen LogP contribution in [0.5, 0.6) is 0 Å². The van der Waals surface area contributed by atoms with Gasteiger partial charge in [-0.25, -0.2) is 13.8 Å². The molecular formula is C21H20F2N4O2S. The highest BCUT2D eigenvalue weighted by Crippen LogP contribution is 2.31. The van der Waals surface area contributed by atoms with Crippen LogP contribution in [0.25, 0.3) is 10.2 Å². The molecule has 156 valence electrons. The number of fused-ring (bicyclic) bond motifs is 1. The van der Waals surface area contributed by atoms with Gasteiger partial charge in [-0.3, -0.25) is 9.59 Å². The van der Waals surface area contributed by atoms with Crippen molar-refractivity contribution < 1.29 is 18.4 Å². The molecule has 0 spiro atoms. The number of anilines is 2. The number of hydrogen-bond donors (Lipinski definition) is 2. The first-order valence-electron chi connectivity index (χ1n) is 9.64. The van der Waals surface area contributed by atoms with E-state index in [2.05, 4.69) is 26.6 Å². The van der Waals surface area contributed by atoms with Crippen LogP contribution in [0, 0.1) is 17.6 Å². The Balaban J connectivity index is 1.25. The van der Waals surface area contributed by atoms with E-state index >= 15 is 0 Å². The molecule has 3 aromatic rings. The lowest BCUT2D eigenvalue weighted by atomic mass is 9.97. The second-order valence-corrected chi connectivity index (χ2v) is 8.19. The van der Waals surface area contributed by atoms with Gasteiger partial charge in [0, 0.05) is 25.7 Å². The highest BCUT2D eigenvalue weighted by molar-refractivity contribution is 7.22. The van der Waals surface area contributed by atoms with Crippen LogP contribution in [0.4, 0.5) is 19.6 Å². The third-order valence-electron chi connectivity index (χ3n) is 5.10. The van der Waals surface area contributed by atoms with Gasteiger partial charge in [0.15, 0.2) is 5.13 Å². The predicted octanol–water partition coefficient (Wildman–Crippen LogP) is 3.55. The Morgan fingerprint density at radius 2 is 1.87 bits per heavy atom. The summed E-state index contributed by atoms with van der Waals surface area (Å²) in [5, 5.41) is 5.76. The maximum absolute atomic E-state index is 13.6. The number of para-hydroxylation sites is 1. The van der Waals surface area contributed by atoms with E-state index in [4.69, 9.17) is 0 Å². The van der Waals surface area contributed by atoms with Crippen LogP contribution < -0.4 is 15.5 Å². The lowest BCUT2D eigenvalue weighted by molar-refractivity contribution is -0.136. The summed E-state index contributed by atoms with van der Waals surface area (Å²) in [5.41, 5.74) is 0.760. The molecule has 0 saturated carbocycles. The molecule has 1 aliphatic heterocycles. The number of amides is 2. The van der Waals surface area contributed by atoms with Crippen molar-refractivity contribution in [1.82, 2.24) is 10.3 Å². The zero-order chi connectivity index (χ0) is 21.1. The van der Waals surface area contributed by atoms with Crippen LogP contribution in [0.1, 0.15) is 12.8 Å². The fourth-order valence-corrected chi connectivity index (χ4v) is 4.43. The number of aromatic nitrogens is 1. The molecule has 2 amide bonds. The number of rotatable bonds is 4. The van der Waals surface area contributed by atoms with Gasteiger partial charge in [0.2, 0.25) is 0 Å². The van der Waals surface area contributed by atoms with Crippen molar-refractivity contribution in [3.8, 4) is 0 Å². The molecule has 1 fully saturated rings. The normalized spacial score (nSPS) is 14.7. The van der Waals surface area contributed by atoms with Gasteiger partial charge in [0.05, 0.1) is 15.9 Å². The number of piperidine rings is 1. The average Bonchev–Trinajstić information content (AvgIpc) is 3.18. The molecule has 0 aliphatic carbocycles. The fraction of sp³-hybridized carbons (Fsp3) is 0.286. The van der Waals surface area contributed by atoms with Gasteiger partial charge in [-0.1, -0.05) is 23.5 Å². The molecule has 2 aromatic carbocycles. The van der Waals surface area contributed by atoms with E-state index in [9.17, 15) is 18.4 Å². The summed E-state index contributed by atoms with van der Waals surface area (Å²) in [7, 11) is 0. The van der Waals surface area contributed by atoms with Gasteiger partial charge in [0.1, 0.15) is 11.6 Å². The summed E-state index contributed by atoms with van der Waals surface area (Å²) in [6.45, 7) is 2.02. The van der Waals surface area contributed by atoms with E-state index in [1.54, 1.807) is 11.3 Å². The molecule has 0 unspecified atom stereocenters. The van der Waals surface area contributed by atoms with Gasteiger partial charge in [-0.05, 0) is 43.0 Å². The molecule has 30 heavy (non-hydrogen) atoms. The van der Waals surface area contributed by atoms with Crippen molar-refractivity contribution >= 4 is 44.2 Å². The fourth-order valence-electron chi connectivity index (χ4n) is 3.41. The zero-order valence-corrected chi connectivity index (χ0v) is 16.8. The Kier molecular flexibility index (Phi) is 5.89. The standard InChI is InChI=1S/C21H20F2N4O2S/c22-14-5-6-16(15(23)11-14)25-20(29)19(28)24-12-13-7-9-27(10-8-13)21-26-17-3-1-2-4-18(17)30-21/h1-6,11,13H,7-10,12H2,(H,24,28)(H,25,29). The van der Waals surface area contributed by atoms with Crippen molar-refractivity contribution in [1.29, 1.82) is 0 Å². The second-order valence-electron chi connectivity index (χ2n) is 7.18. The van der Waals surface area contributed by atoms with Gasteiger partial charge >= 0.3 is 11.8 Å². The molecular weight excluding hydrogens is 410 g/mol. The summed E-state index contributed by atoms with van der Waals surface area (Å²) in [6.07, 6.45) is 1.73. The Labute approximate surface area is 175 Å². The third kappa shape index (κ3) is 4.56. The van der Waals surface area contributed by atoms with Crippen molar-refractivity contribution in [3.63, 3.8) is 0 Å². The number of benzene rings is 2. The Bertz CT molecular complexity index is 1050. The molecule has 0 bridgehead atoms. The minimum Gasteiger partial charge on any atom is -0.348 e. The molecule has 6 nitrogen and oxygen atoms in total. The number of carbonyl (C=O) groups excluding carboxylic acids is 2. The summed E-state index contributed by atoms with van der Waals surface area (Å²) < 4.78 is 27.7. The lowest BCUT2D eigenvalue weighted by Gasteiger charge is -2.31. The summed E-state index contributed by atoms with van der Waals surface area (Å²) in [4.78, 5) is 30.9. The SMILES string of the molecule is O=C(NCC1CCN(c2nc3ccccc3s2)CC1)C(=O)Nc1ccc(F)cc1F. The second kappa shape index (κ2) is 8.74. The first-order chi connectivity index (χ1) is 14.5. The van der Waals surface area contributed by atoms with Crippen molar-refractivity contribution in [2.24, 2.45) is 5.92 Å². The molecule has 1 aliphatic rings. The number of carbonyl (C=O) groups is 2. The molecule has 1 aromatic heterocycles. The van der Waals surface area contributed by atoms with Crippen LogP contribution in [-0.4, -0.2) is 36.4 Å². The van der Waals surface area contributed by atoms with Crippen LogP contribution in [0.2, 0.25) is 0 Å². The molecule has 4 rings (SSSR count). The molecule has 9 heteroatoms. The number of nitrogens with one attached hydrogen (secondary N) is 2. The van der Waals surface area contributed by atoms with Gasteiger partial charge in [-0.2, -0.15) is 0 Å². The largest absolute Gasteiger partial charge is 0.348 e. The monoisotopic (exact) mass is 430 g/mol. The van der Waals surface area contributed by atoms with Crippen LogP contribution in [-0.2, 0) is 9.59 Å². The van der Waals surface area contributed by atoms with E-state index in [0.717, 1.165) is 53.4 Å². The van der Waals surface area contributed by atoms with Gasteiger partial charge in [-0.15, -0.1) is 0 Å². The van der Waals surface area contributed by atoms with Crippen molar-refractivity contribution in [2.45, 2.75) is 12.8 Å². The van der Waals surface area contributed by atoms with E-state index in [-0.39, 0.29) is 11.6 Å². The molecule has 0 atom stereocenters. The molecule has 0 radical (unpaired) electrons. The minimum absolute atomic E-state index is 0.235. The number of hydrogen-bond acceptors (Lipinski definition) is 5. The first kappa shape index (κ1) is 20.2. The highest BCUT2D eigenvalue weighted by atomic mass is 32.1. The van der Waals surface area contributed by atoms with E-state index in [1.807, 2.05) is 18.2 Å². The smallest absolute Gasteiger partial charge is 0.313 e. The van der Waals surface area contributed by atoms with Crippen LogP contribution >= 0.6 is 11.3 Å². The summed E-state index contributed by atoms with van der Waals surface area (Å²) in [5.74, 6) is -3.26. The van der Waals surface area contributed by atoms with E-state index in [0.29, 0.717) is 12.6 Å². The average molecular weight is 430 g/mol. The summed E-state index contributed by atoms with van der Waals surface area (Å²) >= 11 is 1.67. The Morgan fingerprint density at radius 1 is 1.10 bits per heavy atom. The Hall–Kier alpha value is -3.07. The number of halogens is 2. The molecule has 1 saturated heterocycles. The maximum atomic E-state index is 13.6. The molecule has 2 N–H and O–H groups in total. The van der Waals surface area contributed by atoms with Crippen molar-refractivity contribution in [2.75, 3.05) is 29.9 Å². The van der Waals surface area contributed by atoms with Crippen molar-refractivity contribution in [3.05, 3.63) is 54.1 Å². The maximum Gasteiger partial charge on any atom is 0.313 e. The van der Waals surface area contributed by atoms with E-state index in [1.165, 1.54) is 0 Å². The van der Waals surface area contributed by atoms with Gasteiger partial charge < -0.3 is 15.5 Å². The molecule has 2 heterocycles. The van der Waals surface area contributed by atoms with E-state index < -0.39 is 23.4 Å². The predicted molar refractivity (Wildman–Crippen MR) is 113 cm³/mol. The first-order valence-corrected chi connectivity index (χ1v) is 10.5. The quantitative estimate of drug-likeness (QED) is 0.621. The zero-order valence-electron chi connectivity index (χ0n) is 16.0. The van der Waals surface area contributed by atoms with Crippen LogP contribution in [0.15, 0.2) is 42.5 Å².